The Morgan fingerprint density at radius 1 is 1.35 bits per heavy atom. The fourth-order valence-corrected chi connectivity index (χ4v) is 2.95. The number of piperazine rings is 1. The molecule has 0 bridgehead atoms. The lowest BCUT2D eigenvalue weighted by Crippen LogP contribution is -2.45. The third kappa shape index (κ3) is 4.55. The molecule has 1 aromatic rings. The smallest absolute Gasteiger partial charge is 0.389 e. The first-order valence-electron chi connectivity index (χ1n) is 7.63. The average Bonchev–Trinajstić information content (AvgIpc) is 2.51. The summed E-state index contributed by atoms with van der Waals surface area (Å²) in [6.45, 7) is 3.77. The Morgan fingerprint density at radius 3 is 2.57 bits per heavy atom. The van der Waals surface area contributed by atoms with Crippen LogP contribution in [0.15, 0.2) is 6.20 Å². The van der Waals surface area contributed by atoms with E-state index >= 15 is 0 Å². The van der Waals surface area contributed by atoms with Crippen molar-refractivity contribution < 1.29 is 23.4 Å². The molecule has 1 atom stereocenters. The van der Waals surface area contributed by atoms with E-state index in [9.17, 15) is 23.4 Å². The van der Waals surface area contributed by atoms with Gasteiger partial charge in [0.05, 0.1) is 12.3 Å². The SMILES string of the molecule is Cc1ncc(CO)c([C@@H](CCC(F)(F)F)N2CCNCC2)c1O. The molecule has 0 aromatic carbocycles. The van der Waals surface area contributed by atoms with Gasteiger partial charge in [0.15, 0.2) is 0 Å². The van der Waals surface area contributed by atoms with Gasteiger partial charge in [-0.1, -0.05) is 0 Å². The molecule has 2 heterocycles. The minimum atomic E-state index is -4.26. The Hall–Kier alpha value is -1.38. The minimum Gasteiger partial charge on any atom is -0.506 e. The number of aliphatic hydroxyl groups is 1. The van der Waals surface area contributed by atoms with Crippen LogP contribution >= 0.6 is 0 Å². The lowest BCUT2D eigenvalue weighted by molar-refractivity contribution is -0.138. The highest BCUT2D eigenvalue weighted by molar-refractivity contribution is 5.43. The van der Waals surface area contributed by atoms with Crippen LogP contribution in [0.5, 0.6) is 5.75 Å². The highest BCUT2D eigenvalue weighted by atomic mass is 19.4. The lowest BCUT2D eigenvalue weighted by atomic mass is 9.94. The maximum Gasteiger partial charge on any atom is 0.389 e. The predicted octanol–water partition coefficient (Wildman–Crippen LogP) is 1.88. The van der Waals surface area contributed by atoms with Crippen molar-refractivity contribution in [1.82, 2.24) is 15.2 Å². The molecule has 8 heteroatoms. The van der Waals surface area contributed by atoms with Crippen molar-refractivity contribution >= 4 is 0 Å². The number of aromatic nitrogens is 1. The second-order valence-corrected chi connectivity index (χ2v) is 5.74. The number of aryl methyl sites for hydroxylation is 1. The molecule has 1 aliphatic heterocycles. The lowest BCUT2D eigenvalue weighted by Gasteiger charge is -2.36. The van der Waals surface area contributed by atoms with Crippen molar-refractivity contribution in [2.45, 2.75) is 38.6 Å². The van der Waals surface area contributed by atoms with Gasteiger partial charge in [0.2, 0.25) is 0 Å². The standard InChI is InChI=1S/C15H22F3N3O2/c1-10-14(23)13(11(9-22)8-20-10)12(2-3-15(16,17)18)21-6-4-19-5-7-21/h8,12,19,22-23H,2-7,9H2,1H3/t12-/m1/s1. The number of alkyl halides is 3. The van der Waals surface area contributed by atoms with Gasteiger partial charge in [-0.2, -0.15) is 13.2 Å². The number of rotatable bonds is 5. The van der Waals surface area contributed by atoms with Crippen molar-refractivity contribution in [2.24, 2.45) is 0 Å². The molecule has 2 rings (SSSR count). The highest BCUT2D eigenvalue weighted by Gasteiger charge is 2.33. The van der Waals surface area contributed by atoms with Crippen molar-refractivity contribution in [1.29, 1.82) is 0 Å². The fraction of sp³-hybridized carbons (Fsp3) is 0.667. The summed E-state index contributed by atoms with van der Waals surface area (Å²) < 4.78 is 38.1. The number of aromatic hydroxyl groups is 1. The Kier molecular flexibility index (Phi) is 5.83. The van der Waals surface area contributed by atoms with E-state index in [1.807, 2.05) is 4.90 Å². The zero-order chi connectivity index (χ0) is 17.0. The molecule has 1 aromatic heterocycles. The number of hydrogen-bond acceptors (Lipinski definition) is 5. The molecular weight excluding hydrogens is 311 g/mol. The summed E-state index contributed by atoms with van der Waals surface area (Å²) >= 11 is 0. The van der Waals surface area contributed by atoms with Gasteiger partial charge in [-0.25, -0.2) is 0 Å². The van der Waals surface area contributed by atoms with E-state index < -0.39 is 18.6 Å². The second kappa shape index (κ2) is 7.46. The van der Waals surface area contributed by atoms with Crippen LogP contribution in [0.3, 0.4) is 0 Å². The van der Waals surface area contributed by atoms with Crippen LogP contribution in [-0.4, -0.2) is 52.5 Å². The van der Waals surface area contributed by atoms with Crippen molar-refractivity contribution in [3.05, 3.63) is 23.0 Å². The monoisotopic (exact) mass is 333 g/mol. The number of hydrogen-bond donors (Lipinski definition) is 3. The molecule has 0 unspecified atom stereocenters. The van der Waals surface area contributed by atoms with Gasteiger partial charge in [-0.3, -0.25) is 9.88 Å². The van der Waals surface area contributed by atoms with Gasteiger partial charge in [-0.05, 0) is 13.3 Å². The Morgan fingerprint density at radius 2 is 2.00 bits per heavy atom. The Balaban J connectivity index is 2.37. The maximum atomic E-state index is 12.7. The van der Waals surface area contributed by atoms with Gasteiger partial charge in [-0.15, -0.1) is 0 Å². The molecule has 1 saturated heterocycles. The summed E-state index contributed by atoms with van der Waals surface area (Å²) in [7, 11) is 0. The summed E-state index contributed by atoms with van der Waals surface area (Å²) in [6.07, 6.45) is -3.93. The molecule has 23 heavy (non-hydrogen) atoms. The predicted molar refractivity (Wildman–Crippen MR) is 79.0 cm³/mol. The van der Waals surface area contributed by atoms with Crippen LogP contribution in [0.25, 0.3) is 0 Å². The maximum absolute atomic E-state index is 12.7. The quantitative estimate of drug-likeness (QED) is 0.768. The number of aliphatic hydroxyl groups excluding tert-OH is 1. The summed E-state index contributed by atoms with van der Waals surface area (Å²) in [6, 6.07) is -0.595. The molecule has 130 valence electrons. The summed E-state index contributed by atoms with van der Waals surface area (Å²) in [5.74, 6) is -0.123. The topological polar surface area (TPSA) is 68.6 Å². The molecule has 5 nitrogen and oxygen atoms in total. The first kappa shape index (κ1) is 18.0. The molecule has 0 radical (unpaired) electrons. The van der Waals surface area contributed by atoms with Gasteiger partial charge in [0, 0.05) is 56.0 Å². The highest BCUT2D eigenvalue weighted by Crippen LogP contribution is 2.38. The van der Waals surface area contributed by atoms with Gasteiger partial charge >= 0.3 is 6.18 Å². The van der Waals surface area contributed by atoms with E-state index in [-0.39, 0.29) is 18.8 Å². The number of halogens is 3. The number of pyridine rings is 1. The normalized spacial score (nSPS) is 18.1. The zero-order valence-corrected chi connectivity index (χ0v) is 13.0. The number of nitrogens with one attached hydrogen (secondary N) is 1. The van der Waals surface area contributed by atoms with Crippen LogP contribution in [0.2, 0.25) is 0 Å². The summed E-state index contributed by atoms with van der Waals surface area (Å²) in [5.41, 5.74) is 1.09. The zero-order valence-electron chi connectivity index (χ0n) is 13.0. The van der Waals surface area contributed by atoms with Gasteiger partial charge < -0.3 is 15.5 Å². The Bertz CT molecular complexity index is 531. The van der Waals surface area contributed by atoms with E-state index in [4.69, 9.17) is 0 Å². The molecule has 3 N–H and O–H groups in total. The van der Waals surface area contributed by atoms with Crippen LogP contribution in [0.1, 0.15) is 35.7 Å². The number of nitrogens with zero attached hydrogens (tertiary/aromatic N) is 2. The summed E-state index contributed by atoms with van der Waals surface area (Å²) in [4.78, 5) is 5.91. The van der Waals surface area contributed by atoms with Crippen molar-refractivity contribution in [2.75, 3.05) is 26.2 Å². The van der Waals surface area contributed by atoms with Crippen LogP contribution in [-0.2, 0) is 6.61 Å². The third-order valence-electron chi connectivity index (χ3n) is 4.15. The first-order valence-corrected chi connectivity index (χ1v) is 7.63. The molecule has 0 spiro atoms. The van der Waals surface area contributed by atoms with Gasteiger partial charge in [0.1, 0.15) is 5.75 Å². The molecule has 0 saturated carbocycles. The van der Waals surface area contributed by atoms with Crippen molar-refractivity contribution in [3.8, 4) is 5.75 Å². The molecule has 1 aliphatic rings. The van der Waals surface area contributed by atoms with E-state index in [2.05, 4.69) is 10.3 Å². The van der Waals surface area contributed by atoms with E-state index in [0.717, 1.165) is 0 Å². The van der Waals surface area contributed by atoms with Crippen LogP contribution in [0, 0.1) is 6.92 Å². The van der Waals surface area contributed by atoms with Crippen LogP contribution < -0.4 is 5.32 Å². The average molecular weight is 333 g/mol. The first-order chi connectivity index (χ1) is 10.8. The van der Waals surface area contributed by atoms with E-state index in [0.29, 0.717) is 43.0 Å². The van der Waals surface area contributed by atoms with Crippen molar-refractivity contribution in [3.63, 3.8) is 0 Å². The summed E-state index contributed by atoms with van der Waals surface area (Å²) in [5, 5.41) is 23.0. The Labute approximate surface area is 133 Å². The fourth-order valence-electron chi connectivity index (χ4n) is 2.95. The van der Waals surface area contributed by atoms with Gasteiger partial charge in [0.25, 0.3) is 0 Å². The molecule has 0 amide bonds. The molecule has 1 fully saturated rings. The third-order valence-corrected chi connectivity index (χ3v) is 4.15. The molecule has 0 aliphatic carbocycles. The minimum absolute atomic E-state index is 0.123. The molecular formula is C15H22F3N3O2. The van der Waals surface area contributed by atoms with Crippen LogP contribution in [0.4, 0.5) is 13.2 Å². The van der Waals surface area contributed by atoms with E-state index in [1.54, 1.807) is 6.92 Å². The largest absolute Gasteiger partial charge is 0.506 e. The second-order valence-electron chi connectivity index (χ2n) is 5.74. The van der Waals surface area contributed by atoms with E-state index in [1.165, 1.54) is 6.20 Å².